The first kappa shape index (κ1) is 11.9. The Bertz CT molecular complexity index is 471. The molecule has 0 amide bonds. The van der Waals surface area contributed by atoms with Crippen molar-refractivity contribution in [1.29, 1.82) is 0 Å². The summed E-state index contributed by atoms with van der Waals surface area (Å²) < 4.78 is 7.20. The zero-order valence-corrected chi connectivity index (χ0v) is 10.7. The lowest BCUT2D eigenvalue weighted by atomic mass is 10.1. The predicted molar refractivity (Wildman–Crippen MR) is 66.8 cm³/mol. The van der Waals surface area contributed by atoms with Crippen LogP contribution in [0.4, 0.5) is 0 Å². The lowest BCUT2D eigenvalue weighted by Crippen LogP contribution is -2.16. The molecule has 1 N–H and O–H groups in total. The average molecular weight is 233 g/mol. The molecule has 2 aromatic heterocycles. The molecule has 17 heavy (non-hydrogen) atoms. The maximum absolute atomic E-state index is 5.26. The van der Waals surface area contributed by atoms with Crippen LogP contribution >= 0.6 is 0 Å². The maximum atomic E-state index is 5.26. The van der Waals surface area contributed by atoms with E-state index in [9.17, 15) is 0 Å². The summed E-state index contributed by atoms with van der Waals surface area (Å²) in [5.74, 6) is 0.977. The van der Waals surface area contributed by atoms with E-state index in [2.05, 4.69) is 24.3 Å². The third-order valence-electron chi connectivity index (χ3n) is 3.09. The van der Waals surface area contributed by atoms with Crippen LogP contribution in [0.2, 0.25) is 0 Å². The van der Waals surface area contributed by atoms with E-state index in [1.165, 1.54) is 11.3 Å². The van der Waals surface area contributed by atoms with Gasteiger partial charge in [0.25, 0.3) is 0 Å². The van der Waals surface area contributed by atoms with Crippen molar-refractivity contribution in [3.05, 3.63) is 41.1 Å². The van der Waals surface area contributed by atoms with Gasteiger partial charge in [-0.05, 0) is 44.5 Å². The largest absolute Gasteiger partial charge is 0.468 e. The monoisotopic (exact) mass is 233 g/mol. The molecule has 4 heteroatoms. The third-order valence-corrected chi connectivity index (χ3v) is 3.09. The molecule has 4 nitrogen and oxygen atoms in total. The second-order valence-corrected chi connectivity index (χ2v) is 4.28. The first-order chi connectivity index (χ1) is 8.18. The number of aromatic nitrogens is 2. The summed E-state index contributed by atoms with van der Waals surface area (Å²) in [6.45, 7) is 5.90. The van der Waals surface area contributed by atoms with E-state index in [-0.39, 0.29) is 0 Å². The highest BCUT2D eigenvalue weighted by molar-refractivity contribution is 5.24. The van der Waals surface area contributed by atoms with Crippen molar-refractivity contribution >= 4 is 0 Å². The van der Waals surface area contributed by atoms with Gasteiger partial charge >= 0.3 is 0 Å². The Morgan fingerprint density at radius 2 is 2.24 bits per heavy atom. The van der Waals surface area contributed by atoms with Crippen LogP contribution in [0.1, 0.15) is 22.7 Å². The topological polar surface area (TPSA) is 43.0 Å². The van der Waals surface area contributed by atoms with Crippen LogP contribution in [0.3, 0.4) is 0 Å². The van der Waals surface area contributed by atoms with Crippen molar-refractivity contribution in [3.63, 3.8) is 0 Å². The maximum Gasteiger partial charge on any atom is 0.117 e. The second-order valence-electron chi connectivity index (χ2n) is 4.28. The van der Waals surface area contributed by atoms with E-state index < -0.39 is 0 Å². The minimum atomic E-state index is 0.783. The van der Waals surface area contributed by atoms with Gasteiger partial charge in [-0.1, -0.05) is 0 Å². The van der Waals surface area contributed by atoms with Gasteiger partial charge in [0.05, 0.1) is 18.5 Å². The molecule has 0 bridgehead atoms. The average Bonchev–Trinajstić information content (AvgIpc) is 2.87. The highest BCUT2D eigenvalue weighted by Gasteiger charge is 2.08. The first-order valence-electron chi connectivity index (χ1n) is 5.90. The molecule has 0 radical (unpaired) electrons. The van der Waals surface area contributed by atoms with Gasteiger partial charge < -0.3 is 9.73 Å². The molecule has 0 spiro atoms. The quantitative estimate of drug-likeness (QED) is 0.803. The van der Waals surface area contributed by atoms with Crippen molar-refractivity contribution < 1.29 is 4.42 Å². The summed E-state index contributed by atoms with van der Waals surface area (Å²) in [4.78, 5) is 0. The highest BCUT2D eigenvalue weighted by atomic mass is 16.3. The molecular formula is C13H19N3O. The van der Waals surface area contributed by atoms with E-state index in [1.54, 1.807) is 6.26 Å². The molecule has 0 saturated heterocycles. The predicted octanol–water partition coefficient (Wildman–Crippen LogP) is 1.96. The number of nitrogens with one attached hydrogen (secondary N) is 1. The van der Waals surface area contributed by atoms with Crippen molar-refractivity contribution in [2.45, 2.75) is 26.8 Å². The standard InChI is InChI=1S/C13H19N3O/c1-10-13(11(2)16(3)15-10)6-7-14-9-12-5-4-8-17-12/h4-5,8,14H,6-7,9H2,1-3H3. The summed E-state index contributed by atoms with van der Waals surface area (Å²) >= 11 is 0. The number of nitrogens with zero attached hydrogens (tertiary/aromatic N) is 2. The highest BCUT2D eigenvalue weighted by Crippen LogP contribution is 2.11. The van der Waals surface area contributed by atoms with Crippen molar-refractivity contribution in [1.82, 2.24) is 15.1 Å². The number of hydrogen-bond acceptors (Lipinski definition) is 3. The molecule has 0 aromatic carbocycles. The van der Waals surface area contributed by atoms with Crippen LogP contribution in [0, 0.1) is 13.8 Å². The Balaban J connectivity index is 1.82. The van der Waals surface area contributed by atoms with Gasteiger partial charge in [-0.2, -0.15) is 5.10 Å². The van der Waals surface area contributed by atoms with Gasteiger partial charge in [0.1, 0.15) is 5.76 Å². The number of furan rings is 1. The summed E-state index contributed by atoms with van der Waals surface area (Å²) in [7, 11) is 1.99. The number of aryl methyl sites for hydroxylation is 2. The Morgan fingerprint density at radius 1 is 1.41 bits per heavy atom. The minimum absolute atomic E-state index is 0.783. The summed E-state index contributed by atoms with van der Waals surface area (Å²) in [5.41, 5.74) is 3.73. The molecule has 2 aromatic rings. The molecule has 92 valence electrons. The molecule has 0 fully saturated rings. The molecular weight excluding hydrogens is 214 g/mol. The van der Waals surface area contributed by atoms with Gasteiger partial charge in [-0.25, -0.2) is 0 Å². The smallest absolute Gasteiger partial charge is 0.117 e. The van der Waals surface area contributed by atoms with Gasteiger partial charge in [-0.3, -0.25) is 4.68 Å². The van der Waals surface area contributed by atoms with Gasteiger partial charge in [0.15, 0.2) is 0 Å². The van der Waals surface area contributed by atoms with E-state index in [0.717, 1.165) is 31.0 Å². The van der Waals surface area contributed by atoms with Crippen molar-refractivity contribution in [2.75, 3.05) is 6.54 Å². The van der Waals surface area contributed by atoms with Gasteiger partial charge in [0, 0.05) is 12.7 Å². The lowest BCUT2D eigenvalue weighted by Gasteiger charge is -2.03. The van der Waals surface area contributed by atoms with E-state index in [4.69, 9.17) is 4.42 Å². The van der Waals surface area contributed by atoms with Crippen LogP contribution < -0.4 is 5.32 Å². The molecule has 2 heterocycles. The molecule has 0 aliphatic carbocycles. The Kier molecular flexibility index (Phi) is 3.64. The van der Waals surface area contributed by atoms with Crippen molar-refractivity contribution in [3.8, 4) is 0 Å². The van der Waals surface area contributed by atoms with Gasteiger partial charge in [0.2, 0.25) is 0 Å². The van der Waals surface area contributed by atoms with Gasteiger partial charge in [-0.15, -0.1) is 0 Å². The number of hydrogen-bond donors (Lipinski definition) is 1. The van der Waals surface area contributed by atoms with Crippen LogP contribution in [-0.2, 0) is 20.0 Å². The minimum Gasteiger partial charge on any atom is -0.468 e. The normalized spacial score (nSPS) is 11.0. The fourth-order valence-electron chi connectivity index (χ4n) is 2.02. The van der Waals surface area contributed by atoms with Crippen LogP contribution in [0.5, 0.6) is 0 Å². The van der Waals surface area contributed by atoms with E-state index in [0.29, 0.717) is 0 Å². The Morgan fingerprint density at radius 3 is 2.82 bits per heavy atom. The molecule has 0 aliphatic rings. The van der Waals surface area contributed by atoms with Crippen molar-refractivity contribution in [2.24, 2.45) is 7.05 Å². The fourth-order valence-corrected chi connectivity index (χ4v) is 2.02. The SMILES string of the molecule is Cc1nn(C)c(C)c1CCNCc1ccco1. The van der Waals surface area contributed by atoms with Crippen LogP contribution in [0.15, 0.2) is 22.8 Å². The zero-order valence-electron chi connectivity index (χ0n) is 10.7. The molecule has 2 rings (SSSR count). The molecule has 0 saturated carbocycles. The van der Waals surface area contributed by atoms with E-state index in [1.807, 2.05) is 23.9 Å². The fraction of sp³-hybridized carbons (Fsp3) is 0.462. The summed E-state index contributed by atoms with van der Waals surface area (Å²) in [6, 6.07) is 3.89. The summed E-state index contributed by atoms with van der Waals surface area (Å²) in [6.07, 6.45) is 2.71. The van der Waals surface area contributed by atoms with Crippen LogP contribution in [-0.4, -0.2) is 16.3 Å². The number of rotatable bonds is 5. The summed E-state index contributed by atoms with van der Waals surface area (Å²) in [5, 5.41) is 7.78. The Labute approximate surface area is 102 Å². The Hall–Kier alpha value is -1.55. The molecule has 0 atom stereocenters. The van der Waals surface area contributed by atoms with Crippen LogP contribution in [0.25, 0.3) is 0 Å². The molecule has 0 unspecified atom stereocenters. The third kappa shape index (κ3) is 2.77. The molecule has 0 aliphatic heterocycles. The lowest BCUT2D eigenvalue weighted by molar-refractivity contribution is 0.484. The first-order valence-corrected chi connectivity index (χ1v) is 5.90. The second kappa shape index (κ2) is 5.19. The zero-order chi connectivity index (χ0) is 12.3. The van der Waals surface area contributed by atoms with E-state index >= 15 is 0 Å².